The fourth-order valence-electron chi connectivity index (χ4n) is 2.43. The monoisotopic (exact) mass is 390 g/mol. The predicted octanol–water partition coefficient (Wildman–Crippen LogP) is 3.02. The van der Waals surface area contributed by atoms with E-state index >= 15 is 0 Å². The molecule has 0 aromatic heterocycles. The van der Waals surface area contributed by atoms with E-state index in [1.54, 1.807) is 33.8 Å². The van der Waals surface area contributed by atoms with Crippen LogP contribution < -0.4 is 10.0 Å². The molecule has 8 heteroatoms. The van der Waals surface area contributed by atoms with Crippen LogP contribution in [0.4, 0.5) is 5.69 Å². The van der Waals surface area contributed by atoms with E-state index in [-0.39, 0.29) is 16.0 Å². The molecule has 0 spiro atoms. The van der Waals surface area contributed by atoms with Crippen LogP contribution in [0.3, 0.4) is 0 Å². The molecule has 0 atom stereocenters. The van der Waals surface area contributed by atoms with Gasteiger partial charge in [-0.25, -0.2) is 17.9 Å². The van der Waals surface area contributed by atoms with Gasteiger partial charge in [-0.1, -0.05) is 0 Å². The summed E-state index contributed by atoms with van der Waals surface area (Å²) in [5.74, 6) is -1.46. The predicted molar refractivity (Wildman–Crippen MR) is 103 cm³/mol. The molecule has 7 nitrogen and oxygen atoms in total. The lowest BCUT2D eigenvalue weighted by molar-refractivity contribution is 0.0696. The Morgan fingerprint density at radius 2 is 1.59 bits per heavy atom. The minimum absolute atomic E-state index is 0.0654. The highest BCUT2D eigenvalue weighted by molar-refractivity contribution is 7.89. The minimum Gasteiger partial charge on any atom is -0.478 e. The lowest BCUT2D eigenvalue weighted by atomic mass is 10.1. The van der Waals surface area contributed by atoms with Gasteiger partial charge in [0.15, 0.2) is 0 Å². The van der Waals surface area contributed by atoms with E-state index in [2.05, 4.69) is 10.0 Å². The maximum absolute atomic E-state index is 12.3. The van der Waals surface area contributed by atoms with Crippen molar-refractivity contribution in [3.05, 3.63) is 59.2 Å². The molecule has 27 heavy (non-hydrogen) atoms. The summed E-state index contributed by atoms with van der Waals surface area (Å²) in [6.07, 6.45) is 0. The number of amides is 1. The smallest absolute Gasteiger partial charge is 0.335 e. The average Bonchev–Trinajstić information content (AvgIpc) is 2.52. The number of sulfonamides is 1. The Balaban J connectivity index is 2.17. The largest absolute Gasteiger partial charge is 0.478 e. The number of carbonyl (C=O) groups is 2. The van der Waals surface area contributed by atoms with E-state index in [1.807, 2.05) is 0 Å². The third-order valence-corrected chi connectivity index (χ3v) is 5.36. The van der Waals surface area contributed by atoms with Gasteiger partial charge in [0, 0.05) is 16.8 Å². The number of anilines is 1. The van der Waals surface area contributed by atoms with E-state index < -0.39 is 27.4 Å². The van der Waals surface area contributed by atoms with E-state index in [1.165, 1.54) is 36.4 Å². The van der Waals surface area contributed by atoms with Crippen molar-refractivity contribution < 1.29 is 23.1 Å². The molecule has 0 unspecified atom stereocenters. The minimum atomic E-state index is -3.68. The first-order valence-electron chi connectivity index (χ1n) is 8.18. The summed E-state index contributed by atoms with van der Waals surface area (Å²) in [5.41, 5.74) is 0.802. The zero-order valence-electron chi connectivity index (χ0n) is 15.5. The van der Waals surface area contributed by atoms with E-state index in [9.17, 15) is 18.0 Å². The van der Waals surface area contributed by atoms with Crippen LogP contribution in [0, 0.1) is 6.92 Å². The Kier molecular flexibility index (Phi) is 5.72. The number of carbonyl (C=O) groups excluding carboxylic acids is 1. The first-order valence-corrected chi connectivity index (χ1v) is 9.67. The SMILES string of the molecule is Cc1cc(NC(=O)c2ccc(S(=O)(=O)NC(C)(C)C)cc2)ccc1C(=O)O. The van der Waals surface area contributed by atoms with Crippen LogP contribution in [0.2, 0.25) is 0 Å². The molecular weight excluding hydrogens is 368 g/mol. The molecule has 0 heterocycles. The van der Waals surface area contributed by atoms with Crippen LogP contribution in [-0.4, -0.2) is 30.9 Å². The first-order chi connectivity index (χ1) is 12.4. The van der Waals surface area contributed by atoms with Crippen molar-refractivity contribution in [3.63, 3.8) is 0 Å². The van der Waals surface area contributed by atoms with Gasteiger partial charge in [-0.3, -0.25) is 4.79 Å². The molecule has 0 aliphatic heterocycles. The Labute approximate surface area is 158 Å². The van der Waals surface area contributed by atoms with Gasteiger partial charge in [0.1, 0.15) is 0 Å². The van der Waals surface area contributed by atoms with Crippen LogP contribution in [-0.2, 0) is 10.0 Å². The zero-order valence-corrected chi connectivity index (χ0v) is 16.3. The molecule has 0 saturated carbocycles. The highest BCUT2D eigenvalue weighted by Gasteiger charge is 2.22. The van der Waals surface area contributed by atoms with Gasteiger partial charge in [0.25, 0.3) is 5.91 Å². The van der Waals surface area contributed by atoms with Crippen LogP contribution in [0.25, 0.3) is 0 Å². The topological polar surface area (TPSA) is 113 Å². The second-order valence-corrected chi connectivity index (χ2v) is 8.85. The molecule has 0 aliphatic rings. The standard InChI is InChI=1S/C19H22N2O5S/c1-12-11-14(7-10-16(12)18(23)24)20-17(22)13-5-8-15(9-6-13)27(25,26)21-19(2,3)4/h5-11,21H,1-4H3,(H,20,22)(H,23,24). The van der Waals surface area contributed by atoms with Crippen LogP contribution in [0.15, 0.2) is 47.4 Å². The first kappa shape index (κ1) is 20.6. The molecule has 0 radical (unpaired) electrons. The van der Waals surface area contributed by atoms with Gasteiger partial charge in [0.05, 0.1) is 10.5 Å². The van der Waals surface area contributed by atoms with E-state index in [4.69, 9.17) is 5.11 Å². The van der Waals surface area contributed by atoms with Crippen LogP contribution in [0.5, 0.6) is 0 Å². The Morgan fingerprint density at radius 1 is 1.00 bits per heavy atom. The molecule has 2 aromatic carbocycles. The molecule has 2 rings (SSSR count). The Hall–Kier alpha value is -2.71. The van der Waals surface area contributed by atoms with Crippen molar-refractivity contribution in [2.75, 3.05) is 5.32 Å². The average molecular weight is 390 g/mol. The quantitative estimate of drug-likeness (QED) is 0.726. The third kappa shape index (κ3) is 5.38. The molecule has 144 valence electrons. The third-order valence-electron chi connectivity index (χ3n) is 3.58. The second kappa shape index (κ2) is 7.50. The van der Waals surface area contributed by atoms with Crippen molar-refractivity contribution in [1.82, 2.24) is 4.72 Å². The van der Waals surface area contributed by atoms with Crippen LogP contribution >= 0.6 is 0 Å². The lowest BCUT2D eigenvalue weighted by Gasteiger charge is -2.20. The number of hydrogen-bond acceptors (Lipinski definition) is 4. The molecule has 2 aromatic rings. The van der Waals surface area contributed by atoms with Crippen molar-refractivity contribution in [3.8, 4) is 0 Å². The molecule has 0 fully saturated rings. The summed E-state index contributed by atoms with van der Waals surface area (Å²) in [7, 11) is -3.68. The zero-order chi connectivity index (χ0) is 20.4. The van der Waals surface area contributed by atoms with Gasteiger partial charge >= 0.3 is 5.97 Å². The molecular formula is C19H22N2O5S. The number of benzene rings is 2. The summed E-state index contributed by atoms with van der Waals surface area (Å²) < 4.78 is 27.1. The van der Waals surface area contributed by atoms with Gasteiger partial charge in [-0.2, -0.15) is 0 Å². The highest BCUT2D eigenvalue weighted by Crippen LogP contribution is 2.18. The summed E-state index contributed by atoms with van der Waals surface area (Å²) in [5, 5.41) is 11.7. The van der Waals surface area contributed by atoms with Crippen LogP contribution in [0.1, 0.15) is 47.1 Å². The van der Waals surface area contributed by atoms with Gasteiger partial charge in [0.2, 0.25) is 10.0 Å². The fraction of sp³-hybridized carbons (Fsp3) is 0.263. The molecule has 3 N–H and O–H groups in total. The Morgan fingerprint density at radius 3 is 2.07 bits per heavy atom. The number of rotatable bonds is 5. The highest BCUT2D eigenvalue weighted by atomic mass is 32.2. The molecule has 0 aliphatic carbocycles. The van der Waals surface area contributed by atoms with Gasteiger partial charge < -0.3 is 10.4 Å². The molecule has 0 bridgehead atoms. The maximum Gasteiger partial charge on any atom is 0.335 e. The van der Waals surface area contributed by atoms with E-state index in [0.717, 1.165) is 0 Å². The van der Waals surface area contributed by atoms with Crippen molar-refractivity contribution in [2.24, 2.45) is 0 Å². The molecule has 0 saturated heterocycles. The number of nitrogens with one attached hydrogen (secondary N) is 2. The van der Waals surface area contributed by atoms with E-state index in [0.29, 0.717) is 11.3 Å². The second-order valence-electron chi connectivity index (χ2n) is 7.17. The normalized spacial score (nSPS) is 11.9. The summed E-state index contributed by atoms with van der Waals surface area (Å²) >= 11 is 0. The number of aryl methyl sites for hydroxylation is 1. The van der Waals surface area contributed by atoms with Crippen molar-refractivity contribution in [2.45, 2.75) is 38.1 Å². The van der Waals surface area contributed by atoms with Crippen molar-refractivity contribution >= 4 is 27.6 Å². The van der Waals surface area contributed by atoms with Gasteiger partial charge in [-0.15, -0.1) is 0 Å². The summed E-state index contributed by atoms with van der Waals surface area (Å²) in [6, 6.07) is 10.1. The maximum atomic E-state index is 12.3. The number of carboxylic acids is 1. The fourth-order valence-corrected chi connectivity index (χ4v) is 3.85. The number of hydrogen-bond donors (Lipinski definition) is 3. The lowest BCUT2D eigenvalue weighted by Crippen LogP contribution is -2.40. The number of carboxylic acid groups (broad SMARTS) is 1. The summed E-state index contributed by atoms with van der Waals surface area (Å²) in [6.45, 7) is 6.86. The Bertz CT molecular complexity index is 974. The summed E-state index contributed by atoms with van der Waals surface area (Å²) in [4.78, 5) is 23.4. The molecule has 1 amide bonds. The van der Waals surface area contributed by atoms with Crippen molar-refractivity contribution in [1.29, 1.82) is 0 Å². The number of aromatic carboxylic acids is 1. The van der Waals surface area contributed by atoms with Gasteiger partial charge in [-0.05, 0) is 75.7 Å².